The van der Waals surface area contributed by atoms with Gasteiger partial charge in [-0.05, 0) is 37.8 Å². The standard InChI is InChI=1S/C17H26N2O2/c1-5-15-17(20)19(13(3)10-11-21-4)16(18-15)14-9-7-6-8-12(14)2/h6-9,13,15-16,18H,5,10-11H2,1-4H3. The van der Waals surface area contributed by atoms with Crippen LogP contribution < -0.4 is 5.32 Å². The van der Waals surface area contributed by atoms with Crippen LogP contribution in [0.1, 0.15) is 44.0 Å². The Balaban J connectivity index is 2.28. The van der Waals surface area contributed by atoms with Crippen LogP contribution in [0.2, 0.25) is 0 Å². The number of carbonyl (C=O) groups is 1. The predicted octanol–water partition coefficient (Wildman–Crippen LogP) is 2.63. The molecule has 2 rings (SSSR count). The number of hydrogen-bond acceptors (Lipinski definition) is 3. The van der Waals surface area contributed by atoms with Crippen molar-refractivity contribution >= 4 is 5.91 Å². The van der Waals surface area contributed by atoms with E-state index in [0.717, 1.165) is 12.8 Å². The maximum atomic E-state index is 12.7. The Hall–Kier alpha value is -1.39. The smallest absolute Gasteiger partial charge is 0.241 e. The number of methoxy groups -OCH3 is 1. The van der Waals surface area contributed by atoms with Gasteiger partial charge in [-0.25, -0.2) is 0 Å². The molecular weight excluding hydrogens is 264 g/mol. The van der Waals surface area contributed by atoms with Crippen LogP contribution in [-0.2, 0) is 9.53 Å². The Labute approximate surface area is 127 Å². The fourth-order valence-corrected chi connectivity index (χ4v) is 2.97. The van der Waals surface area contributed by atoms with Crippen LogP contribution in [-0.4, -0.2) is 36.6 Å². The summed E-state index contributed by atoms with van der Waals surface area (Å²) in [6.45, 7) is 6.91. The Kier molecular flexibility index (Phi) is 5.37. The lowest BCUT2D eigenvalue weighted by atomic mass is 10.0. The zero-order valence-corrected chi connectivity index (χ0v) is 13.4. The average Bonchev–Trinajstić information content (AvgIpc) is 2.82. The van der Waals surface area contributed by atoms with Gasteiger partial charge >= 0.3 is 0 Å². The number of aryl methyl sites for hydroxylation is 1. The van der Waals surface area contributed by atoms with Gasteiger partial charge in [0.1, 0.15) is 6.17 Å². The van der Waals surface area contributed by atoms with Gasteiger partial charge in [-0.3, -0.25) is 10.1 Å². The highest BCUT2D eigenvalue weighted by molar-refractivity contribution is 5.84. The molecule has 1 aromatic rings. The van der Waals surface area contributed by atoms with Gasteiger partial charge in [0.2, 0.25) is 5.91 Å². The number of carbonyl (C=O) groups excluding carboxylic acids is 1. The summed E-state index contributed by atoms with van der Waals surface area (Å²) in [5.74, 6) is 0.203. The third kappa shape index (κ3) is 3.27. The Morgan fingerprint density at radius 3 is 2.71 bits per heavy atom. The second-order valence-electron chi connectivity index (χ2n) is 5.76. The van der Waals surface area contributed by atoms with Crippen molar-refractivity contribution in [1.29, 1.82) is 0 Å². The molecule has 0 aliphatic carbocycles. The second kappa shape index (κ2) is 7.05. The Morgan fingerprint density at radius 2 is 2.10 bits per heavy atom. The van der Waals surface area contributed by atoms with Crippen molar-refractivity contribution in [3.63, 3.8) is 0 Å². The quantitative estimate of drug-likeness (QED) is 0.875. The van der Waals surface area contributed by atoms with E-state index < -0.39 is 0 Å². The molecule has 4 heteroatoms. The second-order valence-corrected chi connectivity index (χ2v) is 5.76. The van der Waals surface area contributed by atoms with Gasteiger partial charge in [0.15, 0.2) is 0 Å². The zero-order valence-electron chi connectivity index (χ0n) is 13.4. The highest BCUT2D eigenvalue weighted by Gasteiger charge is 2.41. The zero-order chi connectivity index (χ0) is 15.4. The first kappa shape index (κ1) is 16.0. The predicted molar refractivity (Wildman–Crippen MR) is 83.9 cm³/mol. The van der Waals surface area contributed by atoms with Crippen LogP contribution >= 0.6 is 0 Å². The lowest BCUT2D eigenvalue weighted by Crippen LogP contribution is -2.39. The maximum absolute atomic E-state index is 12.7. The molecular formula is C17H26N2O2. The number of rotatable bonds is 6. The first-order chi connectivity index (χ1) is 10.1. The van der Waals surface area contributed by atoms with E-state index in [-0.39, 0.29) is 24.2 Å². The molecule has 1 aromatic carbocycles. The topological polar surface area (TPSA) is 41.6 Å². The van der Waals surface area contributed by atoms with Crippen LogP contribution in [0.25, 0.3) is 0 Å². The fraction of sp³-hybridized carbons (Fsp3) is 0.588. The Bertz CT molecular complexity index is 489. The van der Waals surface area contributed by atoms with Gasteiger partial charge in [-0.15, -0.1) is 0 Å². The van der Waals surface area contributed by atoms with Gasteiger partial charge in [0, 0.05) is 19.8 Å². The van der Waals surface area contributed by atoms with Crippen molar-refractivity contribution in [3.8, 4) is 0 Å². The van der Waals surface area contributed by atoms with E-state index in [2.05, 4.69) is 31.3 Å². The number of ether oxygens (including phenoxy) is 1. The van der Waals surface area contributed by atoms with Crippen molar-refractivity contribution in [3.05, 3.63) is 35.4 Å². The molecule has 116 valence electrons. The van der Waals surface area contributed by atoms with E-state index >= 15 is 0 Å². The van der Waals surface area contributed by atoms with E-state index in [1.165, 1.54) is 11.1 Å². The first-order valence-electron chi connectivity index (χ1n) is 7.72. The highest BCUT2D eigenvalue weighted by Crippen LogP contribution is 2.31. The summed E-state index contributed by atoms with van der Waals surface area (Å²) in [4.78, 5) is 14.7. The van der Waals surface area contributed by atoms with Crippen LogP contribution in [0.3, 0.4) is 0 Å². The summed E-state index contributed by atoms with van der Waals surface area (Å²) in [6, 6.07) is 8.34. The molecule has 0 radical (unpaired) electrons. The Morgan fingerprint density at radius 1 is 1.38 bits per heavy atom. The summed E-state index contributed by atoms with van der Waals surface area (Å²) in [7, 11) is 1.70. The van der Waals surface area contributed by atoms with E-state index in [4.69, 9.17) is 4.74 Å². The average molecular weight is 290 g/mol. The van der Waals surface area contributed by atoms with Crippen LogP contribution in [0.4, 0.5) is 0 Å². The van der Waals surface area contributed by atoms with E-state index in [1.54, 1.807) is 7.11 Å². The lowest BCUT2D eigenvalue weighted by Gasteiger charge is -2.31. The number of benzene rings is 1. The minimum Gasteiger partial charge on any atom is -0.385 e. The van der Waals surface area contributed by atoms with Crippen molar-refractivity contribution in [1.82, 2.24) is 10.2 Å². The monoisotopic (exact) mass is 290 g/mol. The molecule has 1 amide bonds. The van der Waals surface area contributed by atoms with Gasteiger partial charge in [-0.2, -0.15) is 0 Å². The minimum absolute atomic E-state index is 0.0319. The SMILES string of the molecule is CCC1NC(c2ccccc2C)N(C(C)CCOC)C1=O. The van der Waals surface area contributed by atoms with Crippen molar-refractivity contribution in [2.75, 3.05) is 13.7 Å². The number of amides is 1. The molecule has 1 fully saturated rings. The molecule has 1 aliphatic rings. The molecule has 21 heavy (non-hydrogen) atoms. The largest absolute Gasteiger partial charge is 0.385 e. The molecule has 4 nitrogen and oxygen atoms in total. The van der Waals surface area contributed by atoms with E-state index in [0.29, 0.717) is 6.61 Å². The van der Waals surface area contributed by atoms with Crippen molar-refractivity contribution in [2.24, 2.45) is 0 Å². The van der Waals surface area contributed by atoms with Crippen LogP contribution in [0.5, 0.6) is 0 Å². The van der Waals surface area contributed by atoms with E-state index in [1.807, 2.05) is 24.0 Å². The van der Waals surface area contributed by atoms with Crippen LogP contribution in [0, 0.1) is 6.92 Å². The molecule has 1 saturated heterocycles. The normalized spacial score (nSPS) is 23.6. The molecule has 1 N–H and O–H groups in total. The summed E-state index contributed by atoms with van der Waals surface area (Å²) in [5.41, 5.74) is 2.40. The van der Waals surface area contributed by atoms with Gasteiger partial charge in [0.05, 0.1) is 6.04 Å². The first-order valence-corrected chi connectivity index (χ1v) is 7.72. The summed E-state index contributed by atoms with van der Waals surface area (Å²) >= 11 is 0. The van der Waals surface area contributed by atoms with Gasteiger partial charge in [0.25, 0.3) is 0 Å². The number of nitrogens with one attached hydrogen (secondary N) is 1. The molecule has 1 heterocycles. The molecule has 0 saturated carbocycles. The fourth-order valence-electron chi connectivity index (χ4n) is 2.97. The lowest BCUT2D eigenvalue weighted by molar-refractivity contribution is -0.132. The molecule has 1 aliphatic heterocycles. The summed E-state index contributed by atoms with van der Waals surface area (Å²) in [5, 5.41) is 3.49. The summed E-state index contributed by atoms with van der Waals surface area (Å²) < 4.78 is 5.17. The molecule has 0 spiro atoms. The van der Waals surface area contributed by atoms with Crippen molar-refractivity contribution in [2.45, 2.75) is 51.9 Å². The molecule has 0 aromatic heterocycles. The maximum Gasteiger partial charge on any atom is 0.241 e. The summed E-state index contributed by atoms with van der Waals surface area (Å²) in [6.07, 6.45) is 1.63. The molecule has 3 atom stereocenters. The number of hydrogen-bond donors (Lipinski definition) is 1. The highest BCUT2D eigenvalue weighted by atomic mass is 16.5. The third-order valence-electron chi connectivity index (χ3n) is 4.30. The number of nitrogens with zero attached hydrogens (tertiary/aromatic N) is 1. The molecule has 3 unspecified atom stereocenters. The van der Waals surface area contributed by atoms with Gasteiger partial charge in [-0.1, -0.05) is 31.2 Å². The van der Waals surface area contributed by atoms with Gasteiger partial charge < -0.3 is 9.64 Å². The van der Waals surface area contributed by atoms with Crippen LogP contribution in [0.15, 0.2) is 24.3 Å². The minimum atomic E-state index is -0.0837. The van der Waals surface area contributed by atoms with Crippen molar-refractivity contribution < 1.29 is 9.53 Å². The molecule has 0 bridgehead atoms. The van der Waals surface area contributed by atoms with E-state index in [9.17, 15) is 4.79 Å². The third-order valence-corrected chi connectivity index (χ3v) is 4.30.